The van der Waals surface area contributed by atoms with Crippen LogP contribution in [0.2, 0.25) is 0 Å². The predicted molar refractivity (Wildman–Crippen MR) is 94.7 cm³/mol. The van der Waals surface area contributed by atoms with E-state index in [4.69, 9.17) is 0 Å². The zero-order chi connectivity index (χ0) is 17.1. The minimum atomic E-state index is -0.419. The van der Waals surface area contributed by atoms with Crippen LogP contribution in [0.3, 0.4) is 0 Å². The molecule has 5 nitrogen and oxygen atoms in total. The molecule has 3 rings (SSSR count). The van der Waals surface area contributed by atoms with E-state index in [1.807, 2.05) is 23.9 Å². The van der Waals surface area contributed by atoms with Crippen molar-refractivity contribution in [2.45, 2.75) is 29.9 Å². The predicted octanol–water partition coefficient (Wildman–Crippen LogP) is 2.79. The number of rotatable bonds is 3. The maximum atomic E-state index is 12.5. The number of H-pyrrole nitrogens is 1. The summed E-state index contributed by atoms with van der Waals surface area (Å²) in [4.78, 5) is 29.1. The lowest BCUT2D eigenvalue weighted by Gasteiger charge is -2.32. The molecule has 1 aromatic carbocycles. The molecule has 0 spiro atoms. The number of piperidine rings is 1. The Hall–Kier alpha value is -2.21. The van der Waals surface area contributed by atoms with Crippen LogP contribution in [0.5, 0.6) is 5.75 Å². The van der Waals surface area contributed by atoms with Crippen molar-refractivity contribution in [3.05, 3.63) is 58.0 Å². The van der Waals surface area contributed by atoms with Crippen molar-refractivity contribution >= 4 is 17.7 Å². The number of carbonyl (C=O) groups excluding carboxylic acids is 1. The summed E-state index contributed by atoms with van der Waals surface area (Å²) in [5.41, 5.74) is 1.01. The highest BCUT2D eigenvalue weighted by atomic mass is 32.2. The van der Waals surface area contributed by atoms with E-state index in [0.717, 1.165) is 18.9 Å². The Morgan fingerprint density at radius 2 is 2.00 bits per heavy atom. The molecule has 6 heteroatoms. The van der Waals surface area contributed by atoms with E-state index in [2.05, 4.69) is 24.0 Å². The SMILES string of the molecule is Cc1ccccc1SC1CCN(C(=O)c2c[nH]c(=O)cc2O)CC1. The van der Waals surface area contributed by atoms with Gasteiger partial charge in [0, 0.05) is 35.5 Å². The number of benzene rings is 1. The molecule has 0 bridgehead atoms. The van der Waals surface area contributed by atoms with Crippen LogP contribution in [0.15, 0.2) is 46.2 Å². The zero-order valence-electron chi connectivity index (χ0n) is 13.5. The lowest BCUT2D eigenvalue weighted by atomic mass is 10.1. The van der Waals surface area contributed by atoms with Crippen LogP contribution in [0.4, 0.5) is 0 Å². The number of thioether (sulfide) groups is 1. The molecule has 1 fully saturated rings. The molecular formula is C18H20N2O3S. The lowest BCUT2D eigenvalue weighted by molar-refractivity contribution is 0.0724. The summed E-state index contributed by atoms with van der Waals surface area (Å²) in [7, 11) is 0. The van der Waals surface area contributed by atoms with Gasteiger partial charge in [0.05, 0.1) is 5.56 Å². The first-order valence-electron chi connectivity index (χ1n) is 7.98. The molecule has 1 aliphatic rings. The number of likely N-dealkylation sites (tertiary alicyclic amines) is 1. The van der Waals surface area contributed by atoms with Gasteiger partial charge in [0.1, 0.15) is 5.75 Å². The van der Waals surface area contributed by atoms with E-state index < -0.39 is 5.56 Å². The summed E-state index contributed by atoms with van der Waals surface area (Å²) >= 11 is 1.87. The second kappa shape index (κ2) is 7.13. The molecule has 1 amide bonds. The summed E-state index contributed by atoms with van der Waals surface area (Å²) in [5.74, 6) is -0.497. The average molecular weight is 344 g/mol. The Balaban J connectivity index is 1.61. The van der Waals surface area contributed by atoms with Crippen molar-refractivity contribution in [2.75, 3.05) is 13.1 Å². The van der Waals surface area contributed by atoms with Crippen LogP contribution >= 0.6 is 11.8 Å². The molecule has 1 saturated heterocycles. The first-order valence-corrected chi connectivity index (χ1v) is 8.86. The Morgan fingerprint density at radius 3 is 2.67 bits per heavy atom. The van der Waals surface area contributed by atoms with E-state index in [0.29, 0.717) is 18.3 Å². The molecule has 0 atom stereocenters. The number of aromatic hydroxyl groups is 1. The van der Waals surface area contributed by atoms with Crippen molar-refractivity contribution in [3.63, 3.8) is 0 Å². The highest BCUT2D eigenvalue weighted by molar-refractivity contribution is 8.00. The molecule has 24 heavy (non-hydrogen) atoms. The van der Waals surface area contributed by atoms with Gasteiger partial charge >= 0.3 is 0 Å². The van der Waals surface area contributed by atoms with Crippen LogP contribution in [-0.4, -0.2) is 39.2 Å². The number of aryl methyl sites for hydroxylation is 1. The zero-order valence-corrected chi connectivity index (χ0v) is 14.3. The molecule has 2 aromatic rings. The summed E-state index contributed by atoms with van der Waals surface area (Å²) in [5, 5.41) is 10.3. The number of amides is 1. The molecule has 1 aliphatic heterocycles. The lowest BCUT2D eigenvalue weighted by Crippen LogP contribution is -2.39. The smallest absolute Gasteiger partial charge is 0.259 e. The van der Waals surface area contributed by atoms with E-state index >= 15 is 0 Å². The fourth-order valence-electron chi connectivity index (χ4n) is 2.85. The Kier molecular flexibility index (Phi) is 4.94. The van der Waals surface area contributed by atoms with Crippen LogP contribution in [-0.2, 0) is 0 Å². The first-order chi connectivity index (χ1) is 11.5. The van der Waals surface area contributed by atoms with Gasteiger partial charge in [0.15, 0.2) is 0 Å². The minimum Gasteiger partial charge on any atom is -0.507 e. The number of nitrogens with zero attached hydrogens (tertiary/aromatic N) is 1. The number of hydrogen-bond acceptors (Lipinski definition) is 4. The van der Waals surface area contributed by atoms with Gasteiger partial charge in [-0.25, -0.2) is 0 Å². The van der Waals surface area contributed by atoms with E-state index in [-0.39, 0.29) is 17.2 Å². The Morgan fingerprint density at radius 1 is 1.29 bits per heavy atom. The average Bonchev–Trinajstić information content (AvgIpc) is 2.57. The Labute approximate surface area is 144 Å². The summed E-state index contributed by atoms with van der Waals surface area (Å²) in [6.45, 7) is 3.42. The summed E-state index contributed by atoms with van der Waals surface area (Å²) in [6.07, 6.45) is 3.11. The van der Waals surface area contributed by atoms with Crippen LogP contribution in [0.1, 0.15) is 28.8 Å². The first kappa shape index (κ1) is 16.6. The van der Waals surface area contributed by atoms with E-state index in [1.54, 1.807) is 4.90 Å². The second-order valence-electron chi connectivity index (χ2n) is 5.97. The monoisotopic (exact) mass is 344 g/mol. The fraction of sp³-hybridized carbons (Fsp3) is 0.333. The normalized spacial score (nSPS) is 15.5. The van der Waals surface area contributed by atoms with Crippen molar-refractivity contribution in [2.24, 2.45) is 0 Å². The van der Waals surface area contributed by atoms with Gasteiger partial charge in [0.2, 0.25) is 0 Å². The van der Waals surface area contributed by atoms with Gasteiger partial charge in [0.25, 0.3) is 11.5 Å². The number of aromatic amines is 1. The molecule has 0 unspecified atom stereocenters. The Bertz CT molecular complexity index is 795. The molecule has 2 N–H and O–H groups in total. The number of carbonyl (C=O) groups is 1. The fourth-order valence-corrected chi connectivity index (χ4v) is 4.06. The molecule has 0 saturated carbocycles. The number of pyridine rings is 1. The van der Waals surface area contributed by atoms with Crippen LogP contribution < -0.4 is 5.56 Å². The maximum absolute atomic E-state index is 12.5. The van der Waals surface area contributed by atoms with Crippen molar-refractivity contribution in [1.82, 2.24) is 9.88 Å². The number of hydrogen-bond donors (Lipinski definition) is 2. The third-order valence-electron chi connectivity index (χ3n) is 4.25. The van der Waals surface area contributed by atoms with Crippen molar-refractivity contribution in [3.8, 4) is 5.75 Å². The third kappa shape index (κ3) is 3.64. The summed E-state index contributed by atoms with van der Waals surface area (Å²) < 4.78 is 0. The van der Waals surface area contributed by atoms with Gasteiger partial charge in [-0.05, 0) is 31.4 Å². The minimum absolute atomic E-state index is 0.152. The number of nitrogens with one attached hydrogen (secondary N) is 1. The van der Waals surface area contributed by atoms with Gasteiger partial charge in [-0.15, -0.1) is 11.8 Å². The van der Waals surface area contributed by atoms with Gasteiger partial charge < -0.3 is 15.0 Å². The van der Waals surface area contributed by atoms with Crippen LogP contribution in [0, 0.1) is 6.92 Å². The molecule has 2 heterocycles. The molecule has 126 valence electrons. The van der Waals surface area contributed by atoms with Crippen molar-refractivity contribution < 1.29 is 9.90 Å². The molecule has 0 aliphatic carbocycles. The summed E-state index contributed by atoms with van der Waals surface area (Å²) in [6, 6.07) is 9.37. The topological polar surface area (TPSA) is 73.4 Å². The third-order valence-corrected chi connectivity index (χ3v) is 5.77. The van der Waals surface area contributed by atoms with Gasteiger partial charge in [-0.2, -0.15) is 0 Å². The van der Waals surface area contributed by atoms with Gasteiger partial charge in [-0.3, -0.25) is 9.59 Å². The molecular weight excluding hydrogens is 324 g/mol. The largest absolute Gasteiger partial charge is 0.507 e. The van der Waals surface area contributed by atoms with Crippen LogP contribution in [0.25, 0.3) is 0 Å². The van der Waals surface area contributed by atoms with Crippen molar-refractivity contribution in [1.29, 1.82) is 0 Å². The highest BCUT2D eigenvalue weighted by Crippen LogP contribution is 2.32. The number of aromatic nitrogens is 1. The molecule has 0 radical (unpaired) electrons. The maximum Gasteiger partial charge on any atom is 0.259 e. The van der Waals surface area contributed by atoms with E-state index in [9.17, 15) is 14.7 Å². The molecule has 1 aromatic heterocycles. The quantitative estimate of drug-likeness (QED) is 0.898. The standard InChI is InChI=1S/C18H20N2O3S/c1-12-4-2-3-5-16(12)24-13-6-8-20(9-7-13)18(23)14-11-19-17(22)10-15(14)21/h2-5,10-11,13H,6-9H2,1H3,(H2,19,21,22). The second-order valence-corrected chi connectivity index (χ2v) is 7.31. The highest BCUT2D eigenvalue weighted by Gasteiger charge is 2.26. The van der Waals surface area contributed by atoms with Gasteiger partial charge in [-0.1, -0.05) is 18.2 Å². The van der Waals surface area contributed by atoms with E-state index in [1.165, 1.54) is 16.7 Å².